The zero-order valence-electron chi connectivity index (χ0n) is 33.9. The second-order valence-electron chi connectivity index (χ2n) is 16.5. The number of thiophene rings is 1. The lowest BCUT2D eigenvalue weighted by Crippen LogP contribution is -2.59. The van der Waals surface area contributed by atoms with Gasteiger partial charge in [-0.05, 0) is 95.2 Å². The van der Waals surface area contributed by atoms with E-state index < -0.39 is 59.5 Å². The molecule has 0 bridgehead atoms. The van der Waals surface area contributed by atoms with E-state index in [0.717, 1.165) is 10.4 Å². The first kappa shape index (κ1) is 44.0. The number of hydrogen-bond donors (Lipinski definition) is 6. The van der Waals surface area contributed by atoms with Gasteiger partial charge in [0.15, 0.2) is 0 Å². The van der Waals surface area contributed by atoms with Gasteiger partial charge in [0.2, 0.25) is 5.91 Å². The van der Waals surface area contributed by atoms with Gasteiger partial charge in [-0.15, -0.1) is 11.3 Å². The molecule has 0 saturated carbocycles. The lowest BCUT2D eigenvalue weighted by Gasteiger charge is -2.43. The molecule has 3 aromatic rings. The number of aryl methyl sites for hydroxylation is 1. The van der Waals surface area contributed by atoms with Crippen molar-refractivity contribution in [3.8, 4) is 21.6 Å². The molecule has 1 saturated heterocycles. The van der Waals surface area contributed by atoms with E-state index in [1.807, 2.05) is 17.9 Å². The standard InChI is InChI=1S/C44H60N2O8S2/c1-9-36-44(8,53)41(50)29(6)46(24-26(3)23-43(7,52)40(49)27(4)38(48)28(5)42(51)54-36)20-12-19-45-37(47)18-16-30-22-33-31-13-10-11-14-34(31)56-35-21-25(2)15-17-32(35)39(33)55-30/h10-11,13-18,21-22,26-29,36,38,40-41,48-50,52-53H,9,12,19-20,23-24H2,1-8H3,(H,45,47)/b18-16+/t26-,27+,28-,29-,36-,38+,40-,41-,43-,44-/m1/s1. The van der Waals surface area contributed by atoms with Gasteiger partial charge in [0.25, 0.3) is 0 Å². The van der Waals surface area contributed by atoms with Crippen LogP contribution in [-0.2, 0) is 14.3 Å². The van der Waals surface area contributed by atoms with E-state index in [2.05, 4.69) is 60.8 Å². The highest BCUT2D eigenvalue weighted by molar-refractivity contribution is 7.99. The molecule has 3 heterocycles. The summed E-state index contributed by atoms with van der Waals surface area (Å²) >= 11 is 3.44. The summed E-state index contributed by atoms with van der Waals surface area (Å²) in [6.45, 7) is 14.8. The van der Waals surface area contributed by atoms with Crippen molar-refractivity contribution in [1.29, 1.82) is 0 Å². The molecule has 0 aliphatic carbocycles. The number of nitrogens with zero attached hydrogens (tertiary/aromatic N) is 1. The quantitative estimate of drug-likeness (QED) is 0.0713. The summed E-state index contributed by atoms with van der Waals surface area (Å²) in [5.74, 6) is -3.11. The van der Waals surface area contributed by atoms with Crippen LogP contribution in [-0.4, -0.2) is 104 Å². The molecule has 2 aliphatic rings. The molecule has 2 aromatic carbocycles. The van der Waals surface area contributed by atoms with E-state index >= 15 is 0 Å². The number of carbonyl (C=O) groups is 2. The maximum absolute atomic E-state index is 13.2. The Morgan fingerprint density at radius 3 is 2.41 bits per heavy atom. The maximum atomic E-state index is 13.2. The third kappa shape index (κ3) is 9.78. The summed E-state index contributed by atoms with van der Waals surface area (Å²) in [5.41, 5.74) is 1.29. The summed E-state index contributed by atoms with van der Waals surface area (Å²) in [4.78, 5) is 32.8. The molecule has 5 rings (SSSR count). The Balaban J connectivity index is 1.29. The largest absolute Gasteiger partial charge is 0.459 e. The Morgan fingerprint density at radius 2 is 1.70 bits per heavy atom. The smallest absolute Gasteiger partial charge is 0.311 e. The molecule has 56 heavy (non-hydrogen) atoms. The van der Waals surface area contributed by atoms with Gasteiger partial charge in [-0.1, -0.05) is 62.9 Å². The predicted molar refractivity (Wildman–Crippen MR) is 223 cm³/mol. The van der Waals surface area contributed by atoms with Crippen LogP contribution in [0.2, 0.25) is 0 Å². The van der Waals surface area contributed by atoms with Crippen LogP contribution in [0.25, 0.3) is 27.6 Å². The fraction of sp³-hybridized carbons (Fsp3) is 0.545. The highest BCUT2D eigenvalue weighted by Crippen LogP contribution is 2.51. The third-order valence-corrected chi connectivity index (χ3v) is 13.9. The van der Waals surface area contributed by atoms with E-state index in [0.29, 0.717) is 26.1 Å². The van der Waals surface area contributed by atoms with Crippen molar-refractivity contribution in [2.45, 2.75) is 126 Å². The van der Waals surface area contributed by atoms with E-state index in [1.165, 1.54) is 52.1 Å². The summed E-state index contributed by atoms with van der Waals surface area (Å²) < 4.78 is 5.70. The van der Waals surface area contributed by atoms with Crippen LogP contribution in [0.3, 0.4) is 0 Å². The van der Waals surface area contributed by atoms with Crippen LogP contribution >= 0.6 is 23.1 Å². The third-order valence-electron chi connectivity index (χ3n) is 11.6. The predicted octanol–water partition coefficient (Wildman–Crippen LogP) is 6.28. The number of benzene rings is 2. The van der Waals surface area contributed by atoms with Crippen molar-refractivity contribution < 1.29 is 39.9 Å². The minimum absolute atomic E-state index is 0.167. The topological polar surface area (TPSA) is 160 Å². The number of amides is 1. The van der Waals surface area contributed by atoms with E-state index in [9.17, 15) is 35.1 Å². The van der Waals surface area contributed by atoms with Gasteiger partial charge in [-0.25, -0.2) is 0 Å². The van der Waals surface area contributed by atoms with Gasteiger partial charge < -0.3 is 35.6 Å². The first-order valence-corrected chi connectivity index (χ1v) is 21.4. The van der Waals surface area contributed by atoms with Crippen molar-refractivity contribution in [2.75, 3.05) is 19.6 Å². The molecule has 2 aliphatic heterocycles. The summed E-state index contributed by atoms with van der Waals surface area (Å²) in [5, 5.41) is 59.9. The molecule has 10 nitrogen and oxygen atoms in total. The fourth-order valence-electron chi connectivity index (χ4n) is 8.24. The minimum Gasteiger partial charge on any atom is -0.459 e. The average molecular weight is 809 g/mol. The first-order chi connectivity index (χ1) is 26.3. The van der Waals surface area contributed by atoms with Gasteiger partial charge in [-0.2, -0.15) is 0 Å². The van der Waals surface area contributed by atoms with Crippen LogP contribution < -0.4 is 5.32 Å². The van der Waals surface area contributed by atoms with Gasteiger partial charge >= 0.3 is 5.97 Å². The maximum Gasteiger partial charge on any atom is 0.311 e. The number of carbonyl (C=O) groups excluding carboxylic acids is 2. The second kappa shape index (κ2) is 18.2. The molecular formula is C44H60N2O8S2. The van der Waals surface area contributed by atoms with Crippen LogP contribution in [0, 0.1) is 24.7 Å². The van der Waals surface area contributed by atoms with Gasteiger partial charge in [0.05, 0.1) is 23.7 Å². The van der Waals surface area contributed by atoms with Crippen LogP contribution in [0.5, 0.6) is 0 Å². The lowest BCUT2D eigenvalue weighted by atomic mass is 9.78. The lowest BCUT2D eigenvalue weighted by molar-refractivity contribution is -0.193. The molecule has 1 fully saturated rings. The second-order valence-corrected chi connectivity index (χ2v) is 18.6. The number of fused-ring (bicyclic) bond motifs is 5. The number of aliphatic hydroxyl groups is 5. The van der Waals surface area contributed by atoms with Crippen LogP contribution in [0.15, 0.2) is 64.4 Å². The average Bonchev–Trinajstić information content (AvgIpc) is 3.53. The number of ether oxygens (including phenoxy) is 1. The van der Waals surface area contributed by atoms with Crippen molar-refractivity contribution in [3.05, 3.63) is 65.0 Å². The highest BCUT2D eigenvalue weighted by atomic mass is 32.2. The number of esters is 1. The van der Waals surface area contributed by atoms with E-state index in [-0.39, 0.29) is 24.7 Å². The minimum atomic E-state index is -1.84. The summed E-state index contributed by atoms with van der Waals surface area (Å²) in [6.07, 6.45) is -0.787. The van der Waals surface area contributed by atoms with Gasteiger partial charge in [0.1, 0.15) is 17.8 Å². The Bertz CT molecular complexity index is 1870. The Labute approximate surface area is 340 Å². The number of cyclic esters (lactones) is 1. The molecule has 0 spiro atoms. The Morgan fingerprint density at radius 1 is 0.982 bits per heavy atom. The highest BCUT2D eigenvalue weighted by Gasteiger charge is 2.47. The van der Waals surface area contributed by atoms with Gasteiger partial charge in [0, 0.05) is 68.3 Å². The molecule has 12 heteroatoms. The molecule has 306 valence electrons. The number of rotatable bonds is 7. The van der Waals surface area contributed by atoms with Crippen molar-refractivity contribution >= 4 is 41.1 Å². The molecule has 1 aromatic heterocycles. The van der Waals surface area contributed by atoms with Crippen LogP contribution in [0.1, 0.15) is 78.2 Å². The molecule has 1 amide bonds. The summed E-state index contributed by atoms with van der Waals surface area (Å²) in [7, 11) is 0. The Hall–Kier alpha value is -3.07. The van der Waals surface area contributed by atoms with E-state index in [4.69, 9.17) is 4.74 Å². The normalized spacial score (nSPS) is 32.0. The zero-order chi connectivity index (χ0) is 41.1. The molecule has 0 unspecified atom stereocenters. The fourth-order valence-corrected chi connectivity index (χ4v) is 10.6. The monoisotopic (exact) mass is 808 g/mol. The van der Waals surface area contributed by atoms with Gasteiger partial charge in [-0.3, -0.25) is 14.5 Å². The van der Waals surface area contributed by atoms with Crippen molar-refractivity contribution in [1.82, 2.24) is 10.2 Å². The van der Waals surface area contributed by atoms with Crippen LogP contribution in [0.4, 0.5) is 0 Å². The number of hydrogen-bond acceptors (Lipinski definition) is 11. The summed E-state index contributed by atoms with van der Waals surface area (Å²) in [6, 6.07) is 16.5. The van der Waals surface area contributed by atoms with E-state index in [1.54, 1.807) is 49.9 Å². The first-order valence-electron chi connectivity index (χ1n) is 19.8. The number of nitrogens with one attached hydrogen (secondary N) is 1. The van der Waals surface area contributed by atoms with Crippen molar-refractivity contribution in [3.63, 3.8) is 0 Å². The molecule has 10 atom stereocenters. The SMILES string of the molecule is CC[C@H]1OC(=O)[C@H](C)[C@@H](O)[C@H](C)[C@@H](O)[C@](C)(O)C[C@@H](C)CN(CCCNC(=O)/C=C/c2cc3c(s2)-c2ccc(C)cc2Sc2ccccc2-3)[C@H](C)[C@@H](O)[C@]1(C)O. The molecule has 0 radical (unpaired) electrons. The Kier molecular flexibility index (Phi) is 14.3. The number of aliphatic hydroxyl groups excluding tert-OH is 3. The zero-order valence-corrected chi connectivity index (χ0v) is 35.5. The molecule has 6 N–H and O–H groups in total. The van der Waals surface area contributed by atoms with Crippen molar-refractivity contribution in [2.24, 2.45) is 17.8 Å². The molecular weight excluding hydrogens is 749 g/mol.